The summed E-state index contributed by atoms with van der Waals surface area (Å²) in [6, 6.07) is 6.18. The minimum Gasteiger partial charge on any atom is -0.312 e. The van der Waals surface area contributed by atoms with Gasteiger partial charge in [-0.2, -0.15) is 4.31 Å². The zero-order valence-corrected chi connectivity index (χ0v) is 15.0. The van der Waals surface area contributed by atoms with Gasteiger partial charge in [-0.3, -0.25) is 0 Å². The first kappa shape index (κ1) is 19.4. The molecule has 1 unspecified atom stereocenters. The van der Waals surface area contributed by atoms with Crippen molar-refractivity contribution in [1.82, 2.24) is 9.62 Å². The molecule has 1 heterocycles. The number of hydrogen-bond donors (Lipinski definition) is 1. The summed E-state index contributed by atoms with van der Waals surface area (Å²) in [6.07, 6.45) is 1.15. The highest BCUT2D eigenvalue weighted by molar-refractivity contribution is 7.90. The Bertz CT molecular complexity index is 702. The molecule has 0 bridgehead atoms. The Morgan fingerprint density at radius 2 is 1.77 bits per heavy atom. The standard InChI is InChI=1S/C13H20N2O4S2.ClH/c1-11-9-15(8-7-14-11)21(18,19)13-5-3-12(4-6-13)10-20(2,16)17;/h3-6,11,14H,7-10H2,1-2H3;1H. The Hall–Kier alpha value is -0.670. The second kappa shape index (κ2) is 7.27. The molecule has 9 heteroatoms. The van der Waals surface area contributed by atoms with Crippen LogP contribution in [0.5, 0.6) is 0 Å². The highest BCUT2D eigenvalue weighted by Crippen LogP contribution is 2.18. The number of hydrogen-bond acceptors (Lipinski definition) is 5. The molecule has 1 N–H and O–H groups in total. The summed E-state index contributed by atoms with van der Waals surface area (Å²) in [7, 11) is -6.63. The molecule has 0 aromatic heterocycles. The van der Waals surface area contributed by atoms with Crippen LogP contribution in [0, 0.1) is 0 Å². The van der Waals surface area contributed by atoms with E-state index in [0.29, 0.717) is 25.2 Å². The van der Waals surface area contributed by atoms with E-state index >= 15 is 0 Å². The van der Waals surface area contributed by atoms with Gasteiger partial charge in [0.25, 0.3) is 0 Å². The summed E-state index contributed by atoms with van der Waals surface area (Å²) in [5.41, 5.74) is 0.588. The predicted molar refractivity (Wildman–Crippen MR) is 88.5 cm³/mol. The summed E-state index contributed by atoms with van der Waals surface area (Å²) in [4.78, 5) is 0.203. The van der Waals surface area contributed by atoms with Gasteiger partial charge in [-0.05, 0) is 24.6 Å². The maximum Gasteiger partial charge on any atom is 0.243 e. The fraction of sp³-hybridized carbons (Fsp3) is 0.538. The molecular weight excluding hydrogens is 348 g/mol. The van der Waals surface area contributed by atoms with Crippen LogP contribution < -0.4 is 5.32 Å². The number of sulfonamides is 1. The molecular formula is C13H21ClN2O4S2. The normalized spacial score (nSPS) is 20.4. The minimum absolute atomic E-state index is 0. The van der Waals surface area contributed by atoms with Crippen LogP contribution in [0.4, 0.5) is 0 Å². The fourth-order valence-electron chi connectivity index (χ4n) is 2.32. The van der Waals surface area contributed by atoms with Crippen molar-refractivity contribution in [2.24, 2.45) is 0 Å². The molecule has 1 fully saturated rings. The second-order valence-corrected chi connectivity index (χ2v) is 9.51. The Labute approximate surface area is 138 Å². The van der Waals surface area contributed by atoms with Gasteiger partial charge in [0, 0.05) is 31.9 Å². The number of nitrogens with one attached hydrogen (secondary N) is 1. The lowest BCUT2D eigenvalue weighted by molar-refractivity contribution is 0.310. The minimum atomic E-state index is -3.51. The molecule has 1 aromatic rings. The largest absolute Gasteiger partial charge is 0.312 e. The second-order valence-electron chi connectivity index (χ2n) is 5.43. The van der Waals surface area contributed by atoms with Crippen LogP contribution in [0.1, 0.15) is 12.5 Å². The predicted octanol–water partition coefficient (Wildman–Crippen LogP) is 0.635. The van der Waals surface area contributed by atoms with Gasteiger partial charge in [0.05, 0.1) is 10.6 Å². The van der Waals surface area contributed by atoms with E-state index in [4.69, 9.17) is 0 Å². The van der Waals surface area contributed by atoms with Crippen LogP contribution in [0.15, 0.2) is 29.2 Å². The first-order chi connectivity index (χ1) is 9.68. The molecule has 0 amide bonds. The van der Waals surface area contributed by atoms with Crippen molar-refractivity contribution in [3.05, 3.63) is 29.8 Å². The van der Waals surface area contributed by atoms with E-state index in [1.165, 1.54) is 16.4 Å². The highest BCUT2D eigenvalue weighted by Gasteiger charge is 2.28. The van der Waals surface area contributed by atoms with E-state index in [0.717, 1.165) is 6.26 Å². The summed E-state index contributed by atoms with van der Waals surface area (Å²) >= 11 is 0. The van der Waals surface area contributed by atoms with Gasteiger partial charge in [-0.25, -0.2) is 16.8 Å². The van der Waals surface area contributed by atoms with Gasteiger partial charge in [-0.1, -0.05) is 12.1 Å². The smallest absolute Gasteiger partial charge is 0.243 e. The monoisotopic (exact) mass is 368 g/mol. The number of halogens is 1. The molecule has 1 aliphatic rings. The number of rotatable bonds is 4. The Kier molecular flexibility index (Phi) is 6.40. The van der Waals surface area contributed by atoms with Gasteiger partial charge in [0.15, 0.2) is 9.84 Å². The molecule has 6 nitrogen and oxygen atoms in total. The van der Waals surface area contributed by atoms with Crippen molar-refractivity contribution < 1.29 is 16.8 Å². The molecule has 0 radical (unpaired) electrons. The van der Waals surface area contributed by atoms with Gasteiger partial charge in [0.1, 0.15) is 0 Å². The number of piperazine rings is 1. The summed E-state index contributed by atoms with van der Waals surface area (Å²) in [5.74, 6) is -0.0853. The van der Waals surface area contributed by atoms with Crippen LogP contribution in [0.3, 0.4) is 0 Å². The van der Waals surface area contributed by atoms with E-state index in [1.807, 2.05) is 6.92 Å². The van der Waals surface area contributed by atoms with Crippen LogP contribution in [-0.2, 0) is 25.6 Å². The molecule has 126 valence electrons. The Balaban J connectivity index is 0.00000242. The molecule has 0 saturated carbocycles. The van der Waals surface area contributed by atoms with Gasteiger partial charge in [0.2, 0.25) is 10.0 Å². The van der Waals surface area contributed by atoms with Crippen LogP contribution in [0.2, 0.25) is 0 Å². The fourth-order valence-corrected chi connectivity index (χ4v) is 4.65. The molecule has 1 aromatic carbocycles. The van der Waals surface area contributed by atoms with E-state index in [-0.39, 0.29) is 29.1 Å². The molecule has 0 aliphatic carbocycles. The third kappa shape index (κ3) is 4.92. The van der Waals surface area contributed by atoms with E-state index in [9.17, 15) is 16.8 Å². The zero-order valence-electron chi connectivity index (χ0n) is 12.5. The van der Waals surface area contributed by atoms with Crippen molar-refractivity contribution in [3.8, 4) is 0 Å². The average molecular weight is 369 g/mol. The van der Waals surface area contributed by atoms with Crippen LogP contribution >= 0.6 is 12.4 Å². The highest BCUT2D eigenvalue weighted by atomic mass is 35.5. The van der Waals surface area contributed by atoms with Crippen LogP contribution in [0.25, 0.3) is 0 Å². The van der Waals surface area contributed by atoms with Crippen molar-refractivity contribution in [2.45, 2.75) is 23.6 Å². The van der Waals surface area contributed by atoms with Gasteiger partial charge >= 0.3 is 0 Å². The van der Waals surface area contributed by atoms with E-state index in [1.54, 1.807) is 12.1 Å². The van der Waals surface area contributed by atoms with Crippen molar-refractivity contribution in [3.63, 3.8) is 0 Å². The van der Waals surface area contributed by atoms with E-state index in [2.05, 4.69) is 5.32 Å². The molecule has 0 spiro atoms. The maximum atomic E-state index is 12.5. The number of benzene rings is 1. The first-order valence-electron chi connectivity index (χ1n) is 6.69. The number of sulfone groups is 1. The average Bonchev–Trinajstić information content (AvgIpc) is 2.37. The quantitative estimate of drug-likeness (QED) is 0.843. The first-order valence-corrected chi connectivity index (χ1v) is 10.2. The third-order valence-electron chi connectivity index (χ3n) is 3.32. The molecule has 1 aliphatic heterocycles. The lowest BCUT2D eigenvalue weighted by atomic mass is 10.2. The lowest BCUT2D eigenvalue weighted by Gasteiger charge is -2.31. The summed E-state index contributed by atoms with van der Waals surface area (Å²) in [5, 5.41) is 3.20. The van der Waals surface area contributed by atoms with Crippen molar-refractivity contribution in [1.29, 1.82) is 0 Å². The van der Waals surface area contributed by atoms with E-state index < -0.39 is 19.9 Å². The molecule has 1 saturated heterocycles. The molecule has 2 rings (SSSR count). The molecule has 22 heavy (non-hydrogen) atoms. The Morgan fingerprint density at radius 1 is 1.18 bits per heavy atom. The lowest BCUT2D eigenvalue weighted by Crippen LogP contribution is -2.51. The summed E-state index contributed by atoms with van der Waals surface area (Å²) < 4.78 is 48.9. The summed E-state index contributed by atoms with van der Waals surface area (Å²) in [6.45, 7) is 3.45. The SMILES string of the molecule is CC1CN(S(=O)(=O)c2ccc(CS(C)(=O)=O)cc2)CCN1.Cl. The van der Waals surface area contributed by atoms with Crippen LogP contribution in [-0.4, -0.2) is 53.1 Å². The molecule has 1 atom stereocenters. The van der Waals surface area contributed by atoms with Crippen molar-refractivity contribution in [2.75, 3.05) is 25.9 Å². The van der Waals surface area contributed by atoms with Gasteiger partial charge < -0.3 is 5.32 Å². The zero-order chi connectivity index (χ0) is 15.7. The topological polar surface area (TPSA) is 83.6 Å². The van der Waals surface area contributed by atoms with Crippen molar-refractivity contribution >= 4 is 32.3 Å². The van der Waals surface area contributed by atoms with Gasteiger partial charge in [-0.15, -0.1) is 12.4 Å². The third-order valence-corrected chi connectivity index (χ3v) is 6.06. The Morgan fingerprint density at radius 3 is 2.27 bits per heavy atom. The maximum absolute atomic E-state index is 12.5. The number of nitrogens with zero attached hydrogens (tertiary/aromatic N) is 1.